The van der Waals surface area contributed by atoms with E-state index in [1.165, 1.54) is 12.5 Å². The van der Waals surface area contributed by atoms with Crippen molar-refractivity contribution in [3.63, 3.8) is 0 Å². The Balaban J connectivity index is 2.12. The van der Waals surface area contributed by atoms with E-state index in [4.69, 9.17) is 0 Å². The van der Waals surface area contributed by atoms with Gasteiger partial charge in [0.05, 0.1) is 11.1 Å². The molecule has 102 valence electrons. The number of nitrogens with one attached hydrogen (secondary N) is 2. The van der Waals surface area contributed by atoms with Gasteiger partial charge in [-0.15, -0.1) is 0 Å². The molecule has 1 heterocycles. The van der Waals surface area contributed by atoms with Crippen molar-refractivity contribution >= 4 is 21.4 Å². The summed E-state index contributed by atoms with van der Waals surface area (Å²) in [6, 6.07) is 6.57. The molecule has 6 nitrogen and oxygen atoms in total. The first-order chi connectivity index (χ1) is 9.12. The summed E-state index contributed by atoms with van der Waals surface area (Å²) in [4.78, 5) is 0.191. The van der Waals surface area contributed by atoms with Crippen LogP contribution in [0.4, 0.5) is 11.4 Å². The van der Waals surface area contributed by atoms with Gasteiger partial charge >= 0.3 is 0 Å². The zero-order chi connectivity index (χ0) is 13.7. The lowest BCUT2D eigenvalue weighted by Gasteiger charge is -2.07. The standard InChI is InChI=1S/C12H15N3O3S/c1-2-7-13-10-3-5-12(6-4-10)19(16,17)15-11-8-14-18-9-11/h3-6,8-9,13,15H,2,7H2,1H3. The van der Waals surface area contributed by atoms with E-state index in [0.29, 0.717) is 5.69 Å². The van der Waals surface area contributed by atoms with Crippen LogP contribution in [-0.4, -0.2) is 20.1 Å². The molecule has 0 unspecified atom stereocenters. The predicted molar refractivity (Wildman–Crippen MR) is 72.5 cm³/mol. The van der Waals surface area contributed by atoms with Crippen LogP contribution in [-0.2, 0) is 10.0 Å². The van der Waals surface area contributed by atoms with Crippen molar-refractivity contribution in [2.75, 3.05) is 16.6 Å². The zero-order valence-electron chi connectivity index (χ0n) is 10.5. The molecule has 0 aliphatic rings. The second kappa shape index (κ2) is 5.75. The van der Waals surface area contributed by atoms with E-state index in [9.17, 15) is 8.42 Å². The summed E-state index contributed by atoms with van der Waals surface area (Å²) >= 11 is 0. The monoisotopic (exact) mass is 281 g/mol. The Hall–Kier alpha value is -2.02. The Bertz CT molecular complexity index is 606. The average molecular weight is 281 g/mol. The fraction of sp³-hybridized carbons (Fsp3) is 0.250. The van der Waals surface area contributed by atoms with Gasteiger partial charge in [-0.3, -0.25) is 4.72 Å². The van der Waals surface area contributed by atoms with Crippen molar-refractivity contribution in [3.05, 3.63) is 36.7 Å². The predicted octanol–water partition coefficient (Wildman–Crippen LogP) is 2.30. The first-order valence-corrected chi connectivity index (χ1v) is 7.36. The Morgan fingerprint density at radius 1 is 1.21 bits per heavy atom. The van der Waals surface area contributed by atoms with Crippen LogP contribution >= 0.6 is 0 Å². The second-order valence-electron chi connectivity index (χ2n) is 3.97. The lowest BCUT2D eigenvalue weighted by molar-refractivity contribution is 0.420. The van der Waals surface area contributed by atoms with Crippen LogP contribution in [0.15, 0.2) is 46.1 Å². The molecular formula is C12H15N3O3S. The van der Waals surface area contributed by atoms with Gasteiger partial charge in [0, 0.05) is 12.2 Å². The van der Waals surface area contributed by atoms with Gasteiger partial charge in [-0.05, 0) is 30.7 Å². The van der Waals surface area contributed by atoms with Gasteiger partial charge in [-0.25, -0.2) is 8.42 Å². The minimum Gasteiger partial charge on any atom is -0.385 e. The highest BCUT2D eigenvalue weighted by Crippen LogP contribution is 2.17. The number of anilines is 2. The number of aromatic nitrogens is 1. The average Bonchev–Trinajstić information content (AvgIpc) is 2.89. The molecule has 1 aromatic heterocycles. The Morgan fingerprint density at radius 2 is 1.95 bits per heavy atom. The molecule has 0 aliphatic heterocycles. The summed E-state index contributed by atoms with van der Waals surface area (Å²) in [5, 5.41) is 6.61. The maximum atomic E-state index is 12.0. The third kappa shape index (κ3) is 3.47. The van der Waals surface area contributed by atoms with Gasteiger partial charge in [0.25, 0.3) is 10.0 Å². The number of nitrogens with zero attached hydrogens (tertiary/aromatic N) is 1. The van der Waals surface area contributed by atoms with Gasteiger partial charge in [0.2, 0.25) is 0 Å². The third-order valence-electron chi connectivity index (χ3n) is 2.43. The highest BCUT2D eigenvalue weighted by Gasteiger charge is 2.14. The van der Waals surface area contributed by atoms with Gasteiger partial charge in [0.15, 0.2) is 0 Å². The number of hydrogen-bond acceptors (Lipinski definition) is 5. The fourth-order valence-corrected chi connectivity index (χ4v) is 2.51. The summed E-state index contributed by atoms with van der Waals surface area (Å²) in [7, 11) is -3.60. The molecule has 0 aliphatic carbocycles. The van der Waals surface area contributed by atoms with E-state index in [-0.39, 0.29) is 4.90 Å². The van der Waals surface area contributed by atoms with Crippen molar-refractivity contribution in [1.82, 2.24) is 5.16 Å². The van der Waals surface area contributed by atoms with Crippen molar-refractivity contribution in [3.8, 4) is 0 Å². The lowest BCUT2D eigenvalue weighted by atomic mass is 10.3. The van der Waals surface area contributed by atoms with Crippen LogP contribution in [0.3, 0.4) is 0 Å². The number of sulfonamides is 1. The molecule has 2 aromatic rings. The van der Waals surface area contributed by atoms with Gasteiger partial charge in [-0.2, -0.15) is 0 Å². The minimum absolute atomic E-state index is 0.191. The summed E-state index contributed by atoms with van der Waals surface area (Å²) in [5.74, 6) is 0. The van der Waals surface area contributed by atoms with Crippen molar-refractivity contribution in [2.24, 2.45) is 0 Å². The highest BCUT2D eigenvalue weighted by atomic mass is 32.2. The van der Waals surface area contributed by atoms with Crippen LogP contribution in [0.5, 0.6) is 0 Å². The molecule has 7 heteroatoms. The molecular weight excluding hydrogens is 266 g/mol. The van der Waals surface area contributed by atoms with Crippen LogP contribution in [0, 0.1) is 0 Å². The van der Waals surface area contributed by atoms with Crippen molar-refractivity contribution in [1.29, 1.82) is 0 Å². The third-order valence-corrected chi connectivity index (χ3v) is 3.83. The zero-order valence-corrected chi connectivity index (χ0v) is 11.3. The molecule has 19 heavy (non-hydrogen) atoms. The Labute approximate surface area is 111 Å². The van der Waals surface area contributed by atoms with Crippen LogP contribution < -0.4 is 10.0 Å². The van der Waals surface area contributed by atoms with E-state index >= 15 is 0 Å². The number of rotatable bonds is 6. The first kappa shape index (κ1) is 13.4. The normalized spacial score (nSPS) is 11.2. The fourth-order valence-electron chi connectivity index (χ4n) is 1.49. The lowest BCUT2D eigenvalue weighted by Crippen LogP contribution is -2.12. The molecule has 0 amide bonds. The largest absolute Gasteiger partial charge is 0.385 e. The van der Waals surface area contributed by atoms with Crippen LogP contribution in [0.25, 0.3) is 0 Å². The van der Waals surface area contributed by atoms with E-state index in [2.05, 4.69) is 26.6 Å². The highest BCUT2D eigenvalue weighted by molar-refractivity contribution is 7.92. The molecule has 0 fully saturated rings. The summed E-state index contributed by atoms with van der Waals surface area (Å²) in [5.41, 5.74) is 1.19. The summed E-state index contributed by atoms with van der Waals surface area (Å²) in [6.07, 6.45) is 3.54. The summed E-state index contributed by atoms with van der Waals surface area (Å²) in [6.45, 7) is 2.92. The van der Waals surface area contributed by atoms with Crippen LogP contribution in [0.1, 0.15) is 13.3 Å². The molecule has 0 radical (unpaired) electrons. The van der Waals surface area contributed by atoms with E-state index in [1.807, 2.05) is 0 Å². The summed E-state index contributed by atoms with van der Waals surface area (Å²) < 4.78 is 31.0. The topological polar surface area (TPSA) is 84.2 Å². The first-order valence-electron chi connectivity index (χ1n) is 5.88. The van der Waals surface area contributed by atoms with Crippen molar-refractivity contribution < 1.29 is 12.9 Å². The smallest absolute Gasteiger partial charge is 0.262 e. The molecule has 0 spiro atoms. The van der Waals surface area contributed by atoms with Gasteiger partial charge in [-0.1, -0.05) is 12.1 Å². The van der Waals surface area contributed by atoms with E-state index < -0.39 is 10.0 Å². The molecule has 1 aromatic carbocycles. The van der Waals surface area contributed by atoms with Gasteiger partial charge < -0.3 is 9.84 Å². The van der Waals surface area contributed by atoms with Crippen molar-refractivity contribution in [2.45, 2.75) is 18.2 Å². The number of hydrogen-bond donors (Lipinski definition) is 2. The van der Waals surface area contributed by atoms with E-state index in [0.717, 1.165) is 18.7 Å². The molecule has 2 N–H and O–H groups in total. The van der Waals surface area contributed by atoms with E-state index in [1.54, 1.807) is 24.3 Å². The molecule has 0 saturated carbocycles. The Kier molecular flexibility index (Phi) is 4.06. The maximum absolute atomic E-state index is 12.0. The molecule has 0 saturated heterocycles. The van der Waals surface area contributed by atoms with Crippen LogP contribution in [0.2, 0.25) is 0 Å². The van der Waals surface area contributed by atoms with Gasteiger partial charge in [0.1, 0.15) is 12.0 Å². The SMILES string of the molecule is CCCNc1ccc(S(=O)(=O)Nc2cnoc2)cc1. The second-order valence-corrected chi connectivity index (χ2v) is 5.65. The molecule has 2 rings (SSSR count). The Morgan fingerprint density at radius 3 is 2.53 bits per heavy atom. The molecule has 0 atom stereocenters. The maximum Gasteiger partial charge on any atom is 0.262 e. The molecule has 0 bridgehead atoms. The quantitative estimate of drug-likeness (QED) is 0.848. The minimum atomic E-state index is -3.60. The number of benzene rings is 1.